The molecule has 0 spiro atoms. The molecule has 2 atom stereocenters. The SMILES string of the molecule is COc1cccc(CN2C3COCC2CC(NC(=O)c2n[nH]c4ccccc24)C3)c1. The molecule has 1 amide bonds. The number of methoxy groups -OCH3 is 1. The van der Waals surface area contributed by atoms with Crippen LogP contribution in [0.2, 0.25) is 0 Å². The summed E-state index contributed by atoms with van der Waals surface area (Å²) in [6.45, 7) is 2.25. The highest BCUT2D eigenvalue weighted by Gasteiger charge is 2.39. The van der Waals surface area contributed by atoms with Gasteiger partial charge in [-0.3, -0.25) is 14.8 Å². The molecule has 30 heavy (non-hydrogen) atoms. The number of carbonyl (C=O) groups excluding carboxylic acids is 1. The number of ether oxygens (including phenoxy) is 2. The van der Waals surface area contributed by atoms with E-state index in [1.807, 2.05) is 36.4 Å². The van der Waals surface area contributed by atoms with Crippen LogP contribution in [-0.2, 0) is 11.3 Å². The van der Waals surface area contributed by atoms with Crippen LogP contribution in [0, 0.1) is 0 Å². The average molecular weight is 406 g/mol. The maximum absolute atomic E-state index is 12.9. The Hall–Kier alpha value is -2.90. The summed E-state index contributed by atoms with van der Waals surface area (Å²) in [7, 11) is 1.69. The van der Waals surface area contributed by atoms with Crippen molar-refractivity contribution in [3.05, 3.63) is 59.8 Å². The predicted molar refractivity (Wildman–Crippen MR) is 114 cm³/mol. The highest BCUT2D eigenvalue weighted by atomic mass is 16.5. The van der Waals surface area contributed by atoms with Crippen LogP contribution >= 0.6 is 0 Å². The van der Waals surface area contributed by atoms with Gasteiger partial charge in [0.25, 0.3) is 5.91 Å². The van der Waals surface area contributed by atoms with Gasteiger partial charge in [0.15, 0.2) is 5.69 Å². The van der Waals surface area contributed by atoms with Crippen LogP contribution in [0.5, 0.6) is 5.75 Å². The lowest BCUT2D eigenvalue weighted by Gasteiger charge is -2.48. The fourth-order valence-corrected chi connectivity index (χ4v) is 4.74. The fourth-order valence-electron chi connectivity index (χ4n) is 4.74. The van der Waals surface area contributed by atoms with E-state index in [0.717, 1.165) is 36.0 Å². The van der Waals surface area contributed by atoms with Crippen LogP contribution in [0.1, 0.15) is 28.9 Å². The number of hydrogen-bond donors (Lipinski definition) is 2. The minimum atomic E-state index is -0.113. The normalized spacial score (nSPS) is 24.0. The molecular formula is C23H26N4O3. The molecule has 2 bridgehead atoms. The largest absolute Gasteiger partial charge is 0.497 e. The van der Waals surface area contributed by atoms with Crippen molar-refractivity contribution in [2.45, 2.75) is 37.5 Å². The van der Waals surface area contributed by atoms with E-state index in [1.165, 1.54) is 5.56 Å². The van der Waals surface area contributed by atoms with E-state index in [9.17, 15) is 4.79 Å². The van der Waals surface area contributed by atoms with E-state index in [2.05, 4.69) is 32.5 Å². The van der Waals surface area contributed by atoms with Crippen molar-refractivity contribution >= 4 is 16.8 Å². The van der Waals surface area contributed by atoms with Crippen molar-refractivity contribution < 1.29 is 14.3 Å². The van der Waals surface area contributed by atoms with Crippen molar-refractivity contribution in [2.24, 2.45) is 0 Å². The third-order valence-electron chi connectivity index (χ3n) is 6.19. The Labute approximate surface area is 175 Å². The van der Waals surface area contributed by atoms with E-state index in [1.54, 1.807) is 7.11 Å². The summed E-state index contributed by atoms with van der Waals surface area (Å²) in [5.41, 5.74) is 2.57. The average Bonchev–Trinajstić information content (AvgIpc) is 3.19. The molecule has 3 heterocycles. The Kier molecular flexibility index (Phi) is 5.14. The Balaban J connectivity index is 1.28. The van der Waals surface area contributed by atoms with Gasteiger partial charge in [-0.25, -0.2) is 0 Å². The van der Waals surface area contributed by atoms with Crippen LogP contribution in [0.15, 0.2) is 48.5 Å². The van der Waals surface area contributed by atoms with E-state index >= 15 is 0 Å². The first kappa shape index (κ1) is 19.1. The number of benzene rings is 2. The van der Waals surface area contributed by atoms with Crippen LogP contribution in [0.4, 0.5) is 0 Å². The molecule has 156 valence electrons. The third-order valence-corrected chi connectivity index (χ3v) is 6.19. The minimum Gasteiger partial charge on any atom is -0.497 e. The minimum absolute atomic E-state index is 0.113. The first-order valence-corrected chi connectivity index (χ1v) is 10.4. The Bertz CT molecular complexity index is 1040. The molecule has 3 aromatic rings. The molecule has 2 N–H and O–H groups in total. The van der Waals surface area contributed by atoms with Gasteiger partial charge in [0.05, 0.1) is 25.8 Å². The topological polar surface area (TPSA) is 79.5 Å². The lowest BCUT2D eigenvalue weighted by Crippen LogP contribution is -2.60. The number of carbonyl (C=O) groups is 1. The first-order chi connectivity index (χ1) is 14.7. The monoisotopic (exact) mass is 406 g/mol. The standard InChI is InChI=1S/C23H26N4O3/c1-29-19-6-4-5-15(9-19)12-27-17-10-16(11-18(27)14-30-13-17)24-23(28)22-20-7-2-3-8-21(20)25-26-22/h2-9,16-18H,10-14H2,1H3,(H,24,28)(H,25,26). The van der Waals surface area contributed by atoms with Gasteiger partial charge in [-0.1, -0.05) is 30.3 Å². The Morgan fingerprint density at radius 3 is 2.80 bits per heavy atom. The van der Waals surface area contributed by atoms with Crippen LogP contribution < -0.4 is 10.1 Å². The fraction of sp³-hybridized carbons (Fsp3) is 0.391. The number of fused-ring (bicyclic) bond motifs is 3. The summed E-state index contributed by atoms with van der Waals surface area (Å²) < 4.78 is 11.2. The second-order valence-corrected chi connectivity index (χ2v) is 8.13. The summed E-state index contributed by atoms with van der Waals surface area (Å²) in [4.78, 5) is 15.4. The van der Waals surface area contributed by atoms with Crippen molar-refractivity contribution in [1.29, 1.82) is 0 Å². The number of para-hydroxylation sites is 1. The summed E-state index contributed by atoms with van der Waals surface area (Å²) >= 11 is 0. The van der Waals surface area contributed by atoms with Gasteiger partial charge in [0, 0.05) is 30.1 Å². The number of morpholine rings is 1. The number of H-pyrrole nitrogens is 1. The van der Waals surface area contributed by atoms with Crippen LogP contribution in [0.3, 0.4) is 0 Å². The first-order valence-electron chi connectivity index (χ1n) is 10.4. The molecule has 7 heteroatoms. The summed E-state index contributed by atoms with van der Waals surface area (Å²) in [6.07, 6.45) is 1.74. The molecular weight excluding hydrogens is 380 g/mol. The zero-order valence-corrected chi connectivity index (χ0v) is 17.0. The molecule has 2 aliphatic rings. The number of aromatic amines is 1. The smallest absolute Gasteiger partial charge is 0.272 e. The van der Waals surface area contributed by atoms with Gasteiger partial charge >= 0.3 is 0 Å². The van der Waals surface area contributed by atoms with E-state index < -0.39 is 0 Å². The third kappa shape index (κ3) is 3.66. The van der Waals surface area contributed by atoms with Gasteiger partial charge in [0.2, 0.25) is 0 Å². The summed E-state index contributed by atoms with van der Waals surface area (Å²) in [5.74, 6) is 0.764. The molecule has 1 aromatic heterocycles. The molecule has 2 aliphatic heterocycles. The molecule has 2 saturated heterocycles. The Morgan fingerprint density at radius 1 is 1.20 bits per heavy atom. The number of hydrogen-bond acceptors (Lipinski definition) is 5. The number of piperidine rings is 1. The van der Waals surface area contributed by atoms with E-state index in [0.29, 0.717) is 18.9 Å². The maximum atomic E-state index is 12.9. The molecule has 7 nitrogen and oxygen atoms in total. The molecule has 2 aromatic carbocycles. The molecule has 2 fully saturated rings. The molecule has 0 radical (unpaired) electrons. The number of nitrogens with one attached hydrogen (secondary N) is 2. The highest BCUT2D eigenvalue weighted by molar-refractivity contribution is 6.04. The molecule has 2 unspecified atom stereocenters. The summed E-state index contributed by atoms with van der Waals surface area (Å²) in [5, 5.41) is 11.3. The molecule has 0 aliphatic carbocycles. The van der Waals surface area contributed by atoms with Gasteiger partial charge in [-0.05, 0) is 36.6 Å². The lowest BCUT2D eigenvalue weighted by molar-refractivity contribution is -0.0843. The van der Waals surface area contributed by atoms with Crippen molar-refractivity contribution in [3.8, 4) is 5.75 Å². The highest BCUT2D eigenvalue weighted by Crippen LogP contribution is 2.30. The van der Waals surface area contributed by atoms with Gasteiger partial charge in [-0.15, -0.1) is 0 Å². The number of aromatic nitrogens is 2. The van der Waals surface area contributed by atoms with E-state index in [-0.39, 0.29) is 24.0 Å². The quantitative estimate of drug-likeness (QED) is 0.681. The van der Waals surface area contributed by atoms with Gasteiger partial charge in [0.1, 0.15) is 5.75 Å². The Morgan fingerprint density at radius 2 is 2.00 bits per heavy atom. The van der Waals surface area contributed by atoms with Crippen LogP contribution in [-0.4, -0.2) is 59.5 Å². The van der Waals surface area contributed by atoms with Crippen molar-refractivity contribution in [1.82, 2.24) is 20.4 Å². The van der Waals surface area contributed by atoms with Crippen molar-refractivity contribution in [2.75, 3.05) is 20.3 Å². The number of nitrogens with zero attached hydrogens (tertiary/aromatic N) is 2. The molecule has 5 rings (SSSR count). The van der Waals surface area contributed by atoms with Crippen molar-refractivity contribution in [3.63, 3.8) is 0 Å². The number of rotatable bonds is 5. The lowest BCUT2D eigenvalue weighted by atomic mass is 9.89. The van der Waals surface area contributed by atoms with Crippen LogP contribution in [0.25, 0.3) is 10.9 Å². The summed E-state index contributed by atoms with van der Waals surface area (Å²) in [6, 6.07) is 16.6. The maximum Gasteiger partial charge on any atom is 0.272 e. The zero-order chi connectivity index (χ0) is 20.5. The number of amides is 1. The van der Waals surface area contributed by atoms with Gasteiger partial charge < -0.3 is 14.8 Å². The zero-order valence-electron chi connectivity index (χ0n) is 17.0. The predicted octanol–water partition coefficient (Wildman–Crippen LogP) is 2.73. The second-order valence-electron chi connectivity index (χ2n) is 8.13. The van der Waals surface area contributed by atoms with Gasteiger partial charge in [-0.2, -0.15) is 5.10 Å². The second kappa shape index (κ2) is 8.08. The molecule has 0 saturated carbocycles. The van der Waals surface area contributed by atoms with E-state index in [4.69, 9.17) is 9.47 Å².